The summed E-state index contributed by atoms with van der Waals surface area (Å²) in [7, 11) is 0. The Morgan fingerprint density at radius 1 is 1.15 bits per heavy atom. The molecule has 3 rings (SSSR count). The van der Waals surface area contributed by atoms with E-state index in [0.29, 0.717) is 16.6 Å². The summed E-state index contributed by atoms with van der Waals surface area (Å²) in [6.45, 7) is 0.626. The Hall–Kier alpha value is -1.55. The summed E-state index contributed by atoms with van der Waals surface area (Å²) >= 11 is 12.0. The molecule has 2 heterocycles. The molecule has 0 saturated heterocycles. The van der Waals surface area contributed by atoms with Gasteiger partial charge in [-0.25, -0.2) is 4.98 Å². The zero-order valence-electron chi connectivity index (χ0n) is 10.6. The van der Waals surface area contributed by atoms with Gasteiger partial charge in [0.15, 0.2) is 0 Å². The van der Waals surface area contributed by atoms with Crippen LogP contribution in [0.5, 0.6) is 0 Å². The van der Waals surface area contributed by atoms with Crippen molar-refractivity contribution in [1.82, 2.24) is 9.55 Å². The molecular weight excluding hydrogens is 295 g/mol. The van der Waals surface area contributed by atoms with E-state index in [-0.39, 0.29) is 6.61 Å². The van der Waals surface area contributed by atoms with Crippen LogP contribution in [-0.2, 0) is 13.2 Å². The number of rotatable bonds is 3. The molecule has 20 heavy (non-hydrogen) atoms. The van der Waals surface area contributed by atoms with Gasteiger partial charge in [-0.1, -0.05) is 29.3 Å². The molecule has 0 atom stereocenters. The van der Waals surface area contributed by atoms with E-state index in [0.717, 1.165) is 22.2 Å². The summed E-state index contributed by atoms with van der Waals surface area (Å²) in [5.41, 5.74) is 2.75. The molecule has 5 heteroatoms. The number of aromatic nitrogens is 2. The molecule has 2 aromatic heterocycles. The highest BCUT2D eigenvalue weighted by Crippen LogP contribution is 2.25. The first-order chi connectivity index (χ1) is 9.69. The summed E-state index contributed by atoms with van der Waals surface area (Å²) in [5.74, 6) is 0. The summed E-state index contributed by atoms with van der Waals surface area (Å²) in [6.07, 6.45) is 3.66. The van der Waals surface area contributed by atoms with Crippen molar-refractivity contribution < 1.29 is 5.11 Å². The molecule has 102 valence electrons. The van der Waals surface area contributed by atoms with Gasteiger partial charge in [0.25, 0.3) is 0 Å². The van der Waals surface area contributed by atoms with Crippen molar-refractivity contribution in [2.75, 3.05) is 0 Å². The number of fused-ring (bicyclic) bond motifs is 1. The topological polar surface area (TPSA) is 38.0 Å². The monoisotopic (exact) mass is 306 g/mol. The third kappa shape index (κ3) is 2.40. The van der Waals surface area contributed by atoms with Crippen molar-refractivity contribution in [2.45, 2.75) is 13.2 Å². The first-order valence-corrected chi connectivity index (χ1v) is 6.92. The Morgan fingerprint density at radius 2 is 2.00 bits per heavy atom. The third-order valence-corrected chi connectivity index (χ3v) is 3.96. The second-order valence-corrected chi connectivity index (χ2v) is 5.38. The Balaban J connectivity index is 2.04. The van der Waals surface area contributed by atoms with Gasteiger partial charge in [-0.05, 0) is 29.8 Å². The number of halogens is 2. The summed E-state index contributed by atoms with van der Waals surface area (Å²) < 4.78 is 2.00. The van der Waals surface area contributed by atoms with Crippen molar-refractivity contribution in [3.8, 4) is 0 Å². The number of pyridine rings is 1. The van der Waals surface area contributed by atoms with Crippen LogP contribution in [0.15, 0.2) is 42.7 Å². The predicted octanol–water partition coefficient (Wildman–Crippen LogP) is 3.88. The van der Waals surface area contributed by atoms with Gasteiger partial charge >= 0.3 is 0 Å². The van der Waals surface area contributed by atoms with Crippen molar-refractivity contribution in [3.63, 3.8) is 0 Å². The Labute approximate surface area is 126 Å². The Kier molecular flexibility index (Phi) is 3.66. The molecule has 0 aliphatic carbocycles. The van der Waals surface area contributed by atoms with Gasteiger partial charge in [0.05, 0.1) is 16.7 Å². The highest BCUT2D eigenvalue weighted by Gasteiger charge is 2.09. The number of hydrogen-bond donors (Lipinski definition) is 1. The van der Waals surface area contributed by atoms with Crippen molar-refractivity contribution in [3.05, 3.63) is 63.9 Å². The molecule has 0 aliphatic rings. The van der Waals surface area contributed by atoms with Gasteiger partial charge in [-0.3, -0.25) is 0 Å². The van der Waals surface area contributed by atoms with Crippen LogP contribution in [0.25, 0.3) is 11.0 Å². The molecule has 3 nitrogen and oxygen atoms in total. The number of benzene rings is 1. The van der Waals surface area contributed by atoms with Gasteiger partial charge in [0, 0.05) is 29.9 Å². The van der Waals surface area contributed by atoms with E-state index < -0.39 is 0 Å². The zero-order chi connectivity index (χ0) is 14.1. The van der Waals surface area contributed by atoms with Gasteiger partial charge in [-0.2, -0.15) is 0 Å². The van der Waals surface area contributed by atoms with Crippen molar-refractivity contribution in [2.24, 2.45) is 0 Å². The van der Waals surface area contributed by atoms with E-state index in [1.807, 2.05) is 35.0 Å². The third-order valence-electron chi connectivity index (χ3n) is 3.22. The first-order valence-electron chi connectivity index (χ1n) is 6.16. The lowest BCUT2D eigenvalue weighted by atomic mass is 10.2. The molecule has 3 aromatic rings. The molecule has 0 unspecified atom stereocenters. The molecule has 0 aliphatic heterocycles. The van der Waals surface area contributed by atoms with Crippen LogP contribution in [-0.4, -0.2) is 14.7 Å². The highest BCUT2D eigenvalue weighted by atomic mass is 35.5. The lowest BCUT2D eigenvalue weighted by Crippen LogP contribution is -1.99. The van der Waals surface area contributed by atoms with Crippen molar-refractivity contribution in [1.29, 1.82) is 0 Å². The molecule has 1 N–H and O–H groups in total. The SMILES string of the molecule is OCc1cn(Cc2ccc(Cl)c(Cl)c2)c2ncccc12. The molecule has 0 fully saturated rings. The van der Waals surface area contributed by atoms with Crippen LogP contribution < -0.4 is 0 Å². The second-order valence-electron chi connectivity index (χ2n) is 4.56. The van der Waals surface area contributed by atoms with E-state index in [1.54, 1.807) is 12.3 Å². The fourth-order valence-corrected chi connectivity index (χ4v) is 2.60. The fourth-order valence-electron chi connectivity index (χ4n) is 2.28. The van der Waals surface area contributed by atoms with E-state index in [4.69, 9.17) is 23.2 Å². The van der Waals surface area contributed by atoms with Crippen LogP contribution in [0.4, 0.5) is 0 Å². The normalized spacial score (nSPS) is 11.2. The fraction of sp³-hybridized carbons (Fsp3) is 0.133. The summed E-state index contributed by atoms with van der Waals surface area (Å²) in [4.78, 5) is 4.38. The minimum absolute atomic E-state index is 0.00341. The molecule has 0 saturated carbocycles. The smallest absolute Gasteiger partial charge is 0.140 e. The number of aliphatic hydroxyl groups excluding tert-OH is 1. The molecule has 0 bridgehead atoms. The van der Waals surface area contributed by atoms with Gasteiger partial charge in [0.1, 0.15) is 5.65 Å². The highest BCUT2D eigenvalue weighted by molar-refractivity contribution is 6.42. The predicted molar refractivity (Wildman–Crippen MR) is 81.2 cm³/mol. The standard InChI is InChI=1S/C15H12Cl2N2O/c16-13-4-3-10(6-14(13)17)7-19-8-11(9-20)12-2-1-5-18-15(12)19/h1-6,8,20H,7,9H2. The molecule has 0 radical (unpaired) electrons. The van der Waals surface area contributed by atoms with Gasteiger partial charge in [-0.15, -0.1) is 0 Å². The van der Waals surface area contributed by atoms with E-state index >= 15 is 0 Å². The lowest BCUT2D eigenvalue weighted by molar-refractivity contribution is 0.283. The molecule has 0 amide bonds. The maximum atomic E-state index is 9.42. The zero-order valence-corrected chi connectivity index (χ0v) is 12.1. The second kappa shape index (κ2) is 5.44. The average Bonchev–Trinajstić information content (AvgIpc) is 2.81. The lowest BCUT2D eigenvalue weighted by Gasteiger charge is -2.06. The maximum Gasteiger partial charge on any atom is 0.140 e. The molecular formula is C15H12Cl2N2O. The van der Waals surface area contributed by atoms with Crippen LogP contribution in [0, 0.1) is 0 Å². The minimum atomic E-state index is -0.00341. The van der Waals surface area contributed by atoms with Crippen LogP contribution in [0.2, 0.25) is 10.0 Å². The summed E-state index contributed by atoms with van der Waals surface area (Å²) in [5, 5.41) is 11.5. The number of hydrogen-bond acceptors (Lipinski definition) is 2. The maximum absolute atomic E-state index is 9.42. The van der Waals surface area contributed by atoms with Crippen LogP contribution in [0.1, 0.15) is 11.1 Å². The number of nitrogens with zero attached hydrogens (tertiary/aromatic N) is 2. The summed E-state index contributed by atoms with van der Waals surface area (Å²) in [6, 6.07) is 9.38. The minimum Gasteiger partial charge on any atom is -0.392 e. The average molecular weight is 307 g/mol. The van der Waals surface area contributed by atoms with E-state index in [2.05, 4.69) is 4.98 Å². The molecule has 0 spiro atoms. The van der Waals surface area contributed by atoms with E-state index in [1.165, 1.54) is 0 Å². The van der Waals surface area contributed by atoms with Gasteiger partial charge < -0.3 is 9.67 Å². The van der Waals surface area contributed by atoms with E-state index in [9.17, 15) is 5.11 Å². The van der Waals surface area contributed by atoms with Crippen LogP contribution >= 0.6 is 23.2 Å². The Morgan fingerprint density at radius 3 is 2.75 bits per heavy atom. The number of aliphatic hydroxyl groups is 1. The Bertz CT molecular complexity index is 768. The van der Waals surface area contributed by atoms with Gasteiger partial charge in [0.2, 0.25) is 0 Å². The quantitative estimate of drug-likeness (QED) is 0.797. The largest absolute Gasteiger partial charge is 0.392 e. The first kappa shape index (κ1) is 13.4. The van der Waals surface area contributed by atoms with Crippen LogP contribution in [0.3, 0.4) is 0 Å². The van der Waals surface area contributed by atoms with Crippen molar-refractivity contribution >= 4 is 34.2 Å². The molecule has 1 aromatic carbocycles.